The lowest BCUT2D eigenvalue weighted by Gasteiger charge is -2.13. The Morgan fingerprint density at radius 3 is 2.46 bits per heavy atom. The van der Waals surface area contributed by atoms with E-state index in [2.05, 4.69) is 36.2 Å². The fourth-order valence-corrected chi connectivity index (χ4v) is 4.75. The van der Waals surface area contributed by atoms with Crippen LogP contribution >= 0.6 is 22.9 Å². The van der Waals surface area contributed by atoms with Gasteiger partial charge in [-0.2, -0.15) is 13.2 Å². The third-order valence-corrected chi connectivity index (χ3v) is 7.24. The van der Waals surface area contributed by atoms with Crippen molar-refractivity contribution >= 4 is 62.8 Å². The van der Waals surface area contributed by atoms with E-state index in [-0.39, 0.29) is 16.3 Å². The number of rotatable bonds is 8. The number of benzene rings is 2. The van der Waals surface area contributed by atoms with E-state index in [1.807, 2.05) is 0 Å². The van der Waals surface area contributed by atoms with Gasteiger partial charge in [0.25, 0.3) is 11.8 Å². The molecule has 2 heterocycles. The first-order valence-corrected chi connectivity index (χ1v) is 13.6. The molecule has 41 heavy (non-hydrogen) atoms. The minimum Gasteiger partial charge on any atom is -0.367 e. The second-order valence-electron chi connectivity index (χ2n) is 9.39. The Kier molecular flexibility index (Phi) is 7.82. The van der Waals surface area contributed by atoms with Crippen molar-refractivity contribution in [2.45, 2.75) is 38.9 Å². The molecule has 212 valence electrons. The SMILES string of the molecule is Cc1nc(Nc2cnc(C(=O)Nc3cc(NC(=O)c4ccc(Cl)c(C(F)(F)F)c4)ccc3C)s2)cc(NC2CC2)n1. The lowest BCUT2D eigenvalue weighted by atomic mass is 10.1. The summed E-state index contributed by atoms with van der Waals surface area (Å²) < 4.78 is 39.6. The molecule has 14 heteroatoms. The fraction of sp³-hybridized carbons (Fsp3) is 0.222. The Labute approximate surface area is 241 Å². The second kappa shape index (κ2) is 11.3. The highest BCUT2D eigenvalue weighted by Crippen LogP contribution is 2.35. The predicted molar refractivity (Wildman–Crippen MR) is 152 cm³/mol. The zero-order chi connectivity index (χ0) is 29.3. The van der Waals surface area contributed by atoms with Crippen molar-refractivity contribution in [2.75, 3.05) is 21.3 Å². The van der Waals surface area contributed by atoms with Crippen LogP contribution in [0.3, 0.4) is 0 Å². The van der Waals surface area contributed by atoms with E-state index in [9.17, 15) is 22.8 Å². The summed E-state index contributed by atoms with van der Waals surface area (Å²) in [5.41, 5.74) is 0.0444. The highest BCUT2D eigenvalue weighted by molar-refractivity contribution is 7.17. The maximum atomic E-state index is 13.2. The number of hydrogen-bond acceptors (Lipinski definition) is 8. The molecule has 9 nitrogen and oxygen atoms in total. The third-order valence-electron chi connectivity index (χ3n) is 6.00. The topological polar surface area (TPSA) is 121 Å². The van der Waals surface area contributed by atoms with Crippen molar-refractivity contribution in [3.05, 3.63) is 81.2 Å². The van der Waals surface area contributed by atoms with Crippen LogP contribution < -0.4 is 21.3 Å². The van der Waals surface area contributed by atoms with Gasteiger partial charge in [-0.1, -0.05) is 29.0 Å². The Morgan fingerprint density at radius 2 is 1.73 bits per heavy atom. The second-order valence-corrected chi connectivity index (χ2v) is 10.8. The first-order chi connectivity index (χ1) is 19.4. The van der Waals surface area contributed by atoms with Gasteiger partial charge in [0.2, 0.25) is 0 Å². The van der Waals surface area contributed by atoms with Gasteiger partial charge in [-0.05, 0) is 62.6 Å². The van der Waals surface area contributed by atoms with Gasteiger partial charge in [0.05, 0.1) is 16.8 Å². The normalized spacial score (nSPS) is 13.0. The van der Waals surface area contributed by atoms with Crippen LogP contribution in [-0.2, 0) is 6.18 Å². The van der Waals surface area contributed by atoms with Gasteiger partial charge >= 0.3 is 6.18 Å². The summed E-state index contributed by atoms with van der Waals surface area (Å²) in [5.74, 6) is 0.652. The number of halogens is 4. The van der Waals surface area contributed by atoms with Gasteiger partial charge in [0.15, 0.2) is 5.01 Å². The number of thiazole rings is 1. The van der Waals surface area contributed by atoms with Crippen LogP contribution in [0, 0.1) is 13.8 Å². The molecule has 1 fully saturated rings. The van der Waals surface area contributed by atoms with Gasteiger partial charge < -0.3 is 21.3 Å². The van der Waals surface area contributed by atoms with Crippen LogP contribution in [0.15, 0.2) is 48.7 Å². The van der Waals surface area contributed by atoms with E-state index in [1.54, 1.807) is 32.0 Å². The Balaban J connectivity index is 1.26. The van der Waals surface area contributed by atoms with Crippen molar-refractivity contribution < 1.29 is 22.8 Å². The zero-order valence-corrected chi connectivity index (χ0v) is 23.3. The summed E-state index contributed by atoms with van der Waals surface area (Å²) in [4.78, 5) is 38.6. The molecule has 5 rings (SSSR count). The summed E-state index contributed by atoms with van der Waals surface area (Å²) in [7, 11) is 0. The van der Waals surface area contributed by atoms with Crippen molar-refractivity contribution in [3.8, 4) is 0 Å². The molecule has 1 saturated carbocycles. The van der Waals surface area contributed by atoms with Gasteiger partial charge in [0.1, 0.15) is 22.5 Å². The number of hydrogen-bond donors (Lipinski definition) is 4. The highest BCUT2D eigenvalue weighted by Gasteiger charge is 2.34. The van der Waals surface area contributed by atoms with Gasteiger partial charge in [-0.3, -0.25) is 9.59 Å². The average molecular weight is 602 g/mol. The van der Waals surface area contributed by atoms with Crippen LogP contribution in [0.25, 0.3) is 0 Å². The number of carbonyl (C=O) groups excluding carboxylic acids is 2. The largest absolute Gasteiger partial charge is 0.417 e. The molecule has 2 amide bonds. The van der Waals surface area contributed by atoms with Crippen LogP contribution in [0.2, 0.25) is 5.02 Å². The lowest BCUT2D eigenvalue weighted by Crippen LogP contribution is -2.15. The van der Waals surface area contributed by atoms with E-state index >= 15 is 0 Å². The Morgan fingerprint density at radius 1 is 0.976 bits per heavy atom. The lowest BCUT2D eigenvalue weighted by molar-refractivity contribution is -0.137. The number of anilines is 5. The zero-order valence-electron chi connectivity index (χ0n) is 21.7. The molecule has 1 aliphatic carbocycles. The maximum absolute atomic E-state index is 13.2. The molecule has 0 atom stereocenters. The molecular formula is C27H23ClF3N7O2S. The predicted octanol–water partition coefficient (Wildman–Crippen LogP) is 7.04. The van der Waals surface area contributed by atoms with E-state index in [0.29, 0.717) is 40.0 Å². The van der Waals surface area contributed by atoms with Crippen LogP contribution in [0.1, 0.15) is 50.0 Å². The number of aromatic nitrogens is 3. The number of aryl methyl sites for hydroxylation is 2. The molecular weight excluding hydrogens is 579 g/mol. The summed E-state index contributed by atoms with van der Waals surface area (Å²) >= 11 is 6.78. The van der Waals surface area contributed by atoms with Crippen molar-refractivity contribution in [2.24, 2.45) is 0 Å². The molecule has 1 aliphatic rings. The summed E-state index contributed by atoms with van der Waals surface area (Å²) in [6, 6.07) is 9.89. The van der Waals surface area contributed by atoms with E-state index in [1.165, 1.54) is 18.3 Å². The Hall–Kier alpha value is -4.23. The van der Waals surface area contributed by atoms with Crippen LogP contribution in [-0.4, -0.2) is 32.8 Å². The molecule has 0 bridgehead atoms. The van der Waals surface area contributed by atoms with E-state index in [4.69, 9.17) is 11.6 Å². The number of alkyl halides is 3. The summed E-state index contributed by atoms with van der Waals surface area (Å²) in [6.07, 6.45) is -0.961. The monoisotopic (exact) mass is 601 g/mol. The quantitative estimate of drug-likeness (QED) is 0.171. The van der Waals surface area contributed by atoms with Crippen LogP contribution in [0.5, 0.6) is 0 Å². The number of amides is 2. The average Bonchev–Trinajstić information content (AvgIpc) is 3.58. The Bertz CT molecular complexity index is 1640. The van der Waals surface area contributed by atoms with Crippen LogP contribution in [0.4, 0.5) is 41.2 Å². The van der Waals surface area contributed by atoms with E-state index < -0.39 is 28.6 Å². The molecule has 2 aromatic carbocycles. The molecule has 2 aromatic heterocycles. The van der Waals surface area contributed by atoms with Crippen molar-refractivity contribution in [3.63, 3.8) is 0 Å². The first-order valence-electron chi connectivity index (χ1n) is 12.4. The molecule has 4 N–H and O–H groups in total. The number of nitrogens with zero attached hydrogens (tertiary/aromatic N) is 3. The number of carbonyl (C=O) groups is 2. The number of nitrogens with one attached hydrogen (secondary N) is 4. The fourth-order valence-electron chi connectivity index (χ4n) is 3.80. The minimum atomic E-state index is -4.70. The molecule has 0 unspecified atom stereocenters. The van der Waals surface area contributed by atoms with Gasteiger partial charge in [-0.25, -0.2) is 15.0 Å². The molecule has 4 aromatic rings. The summed E-state index contributed by atoms with van der Waals surface area (Å²) in [6.45, 7) is 3.55. The first kappa shape index (κ1) is 28.3. The highest BCUT2D eigenvalue weighted by atomic mass is 35.5. The standard InChI is InChI=1S/C27H23ClF3N7O2S/c1-13-3-5-17(36-24(39)15-4-8-19(28)18(9-15)27(29,30)31)10-20(13)37-25(40)26-32-12-23(41-26)38-22-11-21(33-14(2)34-22)35-16-6-7-16/h3-5,8-12,16H,6-7H2,1-2H3,(H,36,39)(H,37,40)(H2,33,34,35,38). The molecule has 0 spiro atoms. The van der Waals surface area contributed by atoms with E-state index in [0.717, 1.165) is 36.1 Å². The van der Waals surface area contributed by atoms with Crippen molar-refractivity contribution in [1.29, 1.82) is 0 Å². The summed E-state index contributed by atoms with van der Waals surface area (Å²) in [5, 5.41) is 12.1. The third kappa shape index (κ3) is 7.11. The van der Waals surface area contributed by atoms with Crippen molar-refractivity contribution in [1.82, 2.24) is 15.0 Å². The minimum absolute atomic E-state index is 0.185. The maximum Gasteiger partial charge on any atom is 0.417 e. The van der Waals surface area contributed by atoms with Gasteiger partial charge in [-0.15, -0.1) is 0 Å². The molecule has 0 radical (unpaired) electrons. The molecule has 0 saturated heterocycles. The smallest absolute Gasteiger partial charge is 0.367 e. The molecule has 0 aliphatic heterocycles. The van der Waals surface area contributed by atoms with Gasteiger partial charge in [0, 0.05) is 29.0 Å².